The summed E-state index contributed by atoms with van der Waals surface area (Å²) in [5.41, 5.74) is 1.14. The topological polar surface area (TPSA) is 93.4 Å². The zero-order valence-electron chi connectivity index (χ0n) is 18.2. The van der Waals surface area contributed by atoms with Crippen LogP contribution < -0.4 is 10.3 Å². The number of amidine groups is 1. The lowest BCUT2D eigenvalue weighted by Crippen LogP contribution is -2.33. The number of sulfonamides is 1. The Hall–Kier alpha value is -3.14. The maximum absolute atomic E-state index is 13.5. The highest BCUT2D eigenvalue weighted by atomic mass is 35.5. The first-order chi connectivity index (χ1) is 16.2. The molecule has 0 saturated carbocycles. The first-order valence-corrected chi connectivity index (χ1v) is 13.1. The third-order valence-corrected chi connectivity index (χ3v) is 8.07. The van der Waals surface area contributed by atoms with Gasteiger partial charge in [-0.25, -0.2) is 13.4 Å². The minimum absolute atomic E-state index is 0.0571. The summed E-state index contributed by atoms with van der Waals surface area (Å²) in [5.74, 6) is 0.254. The second-order valence-corrected chi connectivity index (χ2v) is 11.0. The first kappa shape index (κ1) is 22.6. The summed E-state index contributed by atoms with van der Waals surface area (Å²) in [6.07, 6.45) is 0. The largest absolute Gasteiger partial charge is 0.268 e. The Kier molecular flexibility index (Phi) is 5.71. The van der Waals surface area contributed by atoms with Crippen LogP contribution in [0.4, 0.5) is 0 Å². The van der Waals surface area contributed by atoms with Gasteiger partial charge in [-0.2, -0.15) is 0 Å². The number of benzene rings is 3. The number of halogens is 1. The van der Waals surface area contributed by atoms with Gasteiger partial charge in [-0.15, -0.1) is 0 Å². The Morgan fingerprint density at radius 3 is 2.50 bits per heavy atom. The maximum Gasteiger partial charge on any atom is 0.266 e. The molecular weight excluding hydrogens is 492 g/mol. The SMILES string of the molecule is CC(C)N=C1NS(=O)(=O)c2cc(-c3nc4ccccc4c(=O)n3-c3ccccc3)c(Cl)cc2S1. The van der Waals surface area contributed by atoms with Crippen LogP contribution in [0.5, 0.6) is 0 Å². The van der Waals surface area contributed by atoms with Crippen molar-refractivity contribution in [1.82, 2.24) is 14.3 Å². The van der Waals surface area contributed by atoms with E-state index in [4.69, 9.17) is 16.6 Å². The molecule has 0 atom stereocenters. The zero-order valence-corrected chi connectivity index (χ0v) is 20.6. The van der Waals surface area contributed by atoms with E-state index in [-0.39, 0.29) is 32.5 Å². The number of para-hydroxylation sites is 2. The molecule has 0 spiro atoms. The fourth-order valence-electron chi connectivity index (χ4n) is 3.71. The number of fused-ring (bicyclic) bond motifs is 2. The molecule has 0 unspecified atom stereocenters. The smallest absolute Gasteiger partial charge is 0.266 e. The van der Waals surface area contributed by atoms with Gasteiger partial charge in [0.2, 0.25) is 0 Å². The average Bonchev–Trinajstić information content (AvgIpc) is 2.78. The van der Waals surface area contributed by atoms with Crippen molar-refractivity contribution in [1.29, 1.82) is 0 Å². The van der Waals surface area contributed by atoms with Crippen LogP contribution in [0, 0.1) is 0 Å². The molecule has 5 rings (SSSR count). The minimum Gasteiger partial charge on any atom is -0.268 e. The summed E-state index contributed by atoms with van der Waals surface area (Å²) in [6, 6.07) is 19.0. The Morgan fingerprint density at radius 1 is 1.06 bits per heavy atom. The summed E-state index contributed by atoms with van der Waals surface area (Å²) in [5, 5.41) is 1.01. The van der Waals surface area contributed by atoms with Gasteiger partial charge in [0.25, 0.3) is 15.6 Å². The van der Waals surface area contributed by atoms with Gasteiger partial charge in [0, 0.05) is 16.5 Å². The van der Waals surface area contributed by atoms with Crippen LogP contribution in [0.3, 0.4) is 0 Å². The van der Waals surface area contributed by atoms with Gasteiger partial charge in [0.05, 0.1) is 21.6 Å². The van der Waals surface area contributed by atoms with Crippen LogP contribution in [0.15, 0.2) is 86.3 Å². The van der Waals surface area contributed by atoms with E-state index in [1.54, 1.807) is 42.5 Å². The highest BCUT2D eigenvalue weighted by Crippen LogP contribution is 2.39. The van der Waals surface area contributed by atoms with Gasteiger partial charge in [-0.1, -0.05) is 53.7 Å². The highest BCUT2D eigenvalue weighted by molar-refractivity contribution is 8.16. The van der Waals surface area contributed by atoms with Gasteiger partial charge in [0.15, 0.2) is 5.17 Å². The third-order valence-electron chi connectivity index (χ3n) is 5.16. The molecule has 0 bridgehead atoms. The molecule has 1 aromatic heterocycles. The van der Waals surface area contributed by atoms with Crippen molar-refractivity contribution in [3.8, 4) is 17.1 Å². The van der Waals surface area contributed by atoms with Crippen LogP contribution in [0.1, 0.15) is 13.8 Å². The molecule has 0 amide bonds. The van der Waals surface area contributed by atoms with E-state index in [0.29, 0.717) is 27.0 Å². The van der Waals surface area contributed by atoms with Crippen LogP contribution in [0.2, 0.25) is 5.02 Å². The Morgan fingerprint density at radius 2 is 1.76 bits per heavy atom. The fraction of sp³-hybridized carbons (Fsp3) is 0.125. The number of aliphatic imine (C=N–C) groups is 1. The molecule has 7 nitrogen and oxygen atoms in total. The van der Waals surface area contributed by atoms with E-state index in [1.165, 1.54) is 22.4 Å². The molecule has 172 valence electrons. The van der Waals surface area contributed by atoms with Crippen molar-refractivity contribution < 1.29 is 8.42 Å². The van der Waals surface area contributed by atoms with Crippen molar-refractivity contribution >= 4 is 49.5 Å². The summed E-state index contributed by atoms with van der Waals surface area (Å²) in [7, 11) is -3.89. The lowest BCUT2D eigenvalue weighted by Gasteiger charge is -2.22. The number of hydrogen-bond acceptors (Lipinski definition) is 6. The minimum atomic E-state index is -3.89. The molecule has 0 aliphatic carbocycles. The van der Waals surface area contributed by atoms with E-state index >= 15 is 0 Å². The molecule has 10 heteroatoms. The van der Waals surface area contributed by atoms with Gasteiger partial charge in [0.1, 0.15) is 10.7 Å². The van der Waals surface area contributed by atoms with Crippen molar-refractivity contribution in [2.24, 2.45) is 4.99 Å². The number of nitrogens with one attached hydrogen (secondary N) is 1. The number of rotatable bonds is 3. The van der Waals surface area contributed by atoms with Crippen LogP contribution in [0.25, 0.3) is 28.0 Å². The maximum atomic E-state index is 13.5. The van der Waals surface area contributed by atoms with E-state index < -0.39 is 10.0 Å². The monoisotopic (exact) mass is 510 g/mol. The standard InChI is InChI=1S/C24H19ClN4O3S2/c1-14(2)26-24-28-34(31,32)21-12-17(18(25)13-20(21)33-24)22-27-19-11-7-6-10-16(19)23(30)29(22)15-8-4-3-5-9-15/h3-14H,1-2H3,(H,26,28). The lowest BCUT2D eigenvalue weighted by molar-refractivity contribution is 0.590. The van der Waals surface area contributed by atoms with Crippen molar-refractivity contribution in [3.05, 3.63) is 82.1 Å². The second-order valence-electron chi connectivity index (χ2n) is 7.94. The van der Waals surface area contributed by atoms with Crippen LogP contribution >= 0.6 is 23.4 Å². The Labute approximate surface area is 205 Å². The second kappa shape index (κ2) is 8.57. The molecule has 0 fully saturated rings. The number of nitrogens with zero attached hydrogens (tertiary/aromatic N) is 3. The molecule has 34 heavy (non-hydrogen) atoms. The molecule has 1 aliphatic rings. The van der Waals surface area contributed by atoms with Gasteiger partial charge in [-0.05, 0) is 50.2 Å². The molecule has 0 radical (unpaired) electrons. The van der Waals surface area contributed by atoms with E-state index in [2.05, 4.69) is 9.71 Å². The summed E-state index contributed by atoms with van der Waals surface area (Å²) in [6.45, 7) is 3.73. The lowest BCUT2D eigenvalue weighted by atomic mass is 10.1. The number of thioether (sulfide) groups is 1. The van der Waals surface area contributed by atoms with Crippen molar-refractivity contribution in [2.45, 2.75) is 29.7 Å². The predicted molar refractivity (Wildman–Crippen MR) is 137 cm³/mol. The van der Waals surface area contributed by atoms with Gasteiger partial charge >= 0.3 is 0 Å². The number of aromatic nitrogens is 2. The Bertz CT molecular complexity index is 1630. The normalized spacial score (nSPS) is 15.9. The van der Waals surface area contributed by atoms with Crippen molar-refractivity contribution in [2.75, 3.05) is 0 Å². The van der Waals surface area contributed by atoms with Crippen LogP contribution in [-0.4, -0.2) is 29.2 Å². The first-order valence-electron chi connectivity index (χ1n) is 10.4. The summed E-state index contributed by atoms with van der Waals surface area (Å²) < 4.78 is 30.1. The zero-order chi connectivity index (χ0) is 24.0. The third kappa shape index (κ3) is 4.00. The van der Waals surface area contributed by atoms with Crippen molar-refractivity contribution in [3.63, 3.8) is 0 Å². The molecule has 1 aliphatic heterocycles. The van der Waals surface area contributed by atoms with E-state index in [0.717, 1.165) is 0 Å². The average molecular weight is 511 g/mol. The molecule has 4 aromatic rings. The summed E-state index contributed by atoms with van der Waals surface area (Å²) >= 11 is 7.88. The summed E-state index contributed by atoms with van der Waals surface area (Å²) in [4.78, 5) is 23.1. The number of hydrogen-bond donors (Lipinski definition) is 1. The van der Waals surface area contributed by atoms with E-state index in [9.17, 15) is 13.2 Å². The molecule has 1 N–H and O–H groups in total. The van der Waals surface area contributed by atoms with Gasteiger partial charge < -0.3 is 0 Å². The molecular formula is C24H19ClN4O3S2. The molecule has 0 saturated heterocycles. The quantitative estimate of drug-likeness (QED) is 0.425. The Balaban J connectivity index is 1.80. The fourth-order valence-corrected chi connectivity index (χ4v) is 6.77. The highest BCUT2D eigenvalue weighted by Gasteiger charge is 2.30. The molecule has 2 heterocycles. The predicted octanol–water partition coefficient (Wildman–Crippen LogP) is 4.85. The molecule has 3 aromatic carbocycles. The van der Waals surface area contributed by atoms with Crippen LogP contribution in [-0.2, 0) is 10.0 Å². The van der Waals surface area contributed by atoms with Gasteiger partial charge in [-0.3, -0.25) is 19.1 Å². The van der Waals surface area contributed by atoms with E-state index in [1.807, 2.05) is 32.0 Å².